The van der Waals surface area contributed by atoms with Gasteiger partial charge in [-0.2, -0.15) is 0 Å². The van der Waals surface area contributed by atoms with Gasteiger partial charge in [0.25, 0.3) is 0 Å². The van der Waals surface area contributed by atoms with Crippen molar-refractivity contribution < 1.29 is 9.59 Å². The van der Waals surface area contributed by atoms with Gasteiger partial charge in [-0.05, 0) is 6.26 Å². The molecule has 68 valence electrons. The SMILES string of the molecule is CSC1(C(C)C)NC(=O)C(=O)N1. The predicted molar refractivity (Wildman–Crippen MR) is 47.4 cm³/mol. The Morgan fingerprint density at radius 1 is 1.25 bits per heavy atom. The number of amides is 2. The van der Waals surface area contributed by atoms with Crippen molar-refractivity contribution >= 4 is 23.6 Å². The summed E-state index contributed by atoms with van der Waals surface area (Å²) in [5.41, 5.74) is 0. The van der Waals surface area contributed by atoms with Crippen LogP contribution in [0.15, 0.2) is 0 Å². The van der Waals surface area contributed by atoms with Gasteiger partial charge in [-0.15, -0.1) is 11.8 Å². The minimum Gasteiger partial charge on any atom is -0.316 e. The molecule has 0 unspecified atom stereocenters. The molecule has 1 heterocycles. The van der Waals surface area contributed by atoms with E-state index in [1.165, 1.54) is 11.8 Å². The topological polar surface area (TPSA) is 58.2 Å². The monoisotopic (exact) mass is 188 g/mol. The lowest BCUT2D eigenvalue weighted by atomic mass is 10.1. The van der Waals surface area contributed by atoms with Crippen LogP contribution in [0.4, 0.5) is 0 Å². The van der Waals surface area contributed by atoms with Crippen molar-refractivity contribution in [2.75, 3.05) is 6.26 Å². The lowest BCUT2D eigenvalue weighted by molar-refractivity contribution is -0.135. The molecule has 2 amide bonds. The van der Waals surface area contributed by atoms with Crippen molar-refractivity contribution in [3.63, 3.8) is 0 Å². The summed E-state index contributed by atoms with van der Waals surface area (Å²) in [6.45, 7) is 3.89. The first-order valence-electron chi connectivity index (χ1n) is 3.71. The molecule has 0 radical (unpaired) electrons. The van der Waals surface area contributed by atoms with Crippen molar-refractivity contribution in [1.29, 1.82) is 0 Å². The summed E-state index contributed by atoms with van der Waals surface area (Å²) in [4.78, 5) is 21.2. The van der Waals surface area contributed by atoms with E-state index < -0.39 is 16.8 Å². The molecule has 0 spiro atoms. The Balaban J connectivity index is 2.85. The lowest BCUT2D eigenvalue weighted by Crippen LogP contribution is -2.51. The van der Waals surface area contributed by atoms with Crippen LogP contribution in [0.25, 0.3) is 0 Å². The zero-order valence-corrected chi connectivity index (χ0v) is 8.12. The fraction of sp³-hybridized carbons (Fsp3) is 0.714. The fourth-order valence-electron chi connectivity index (χ4n) is 1.11. The molecule has 1 rings (SSSR count). The molecule has 1 saturated heterocycles. The van der Waals surface area contributed by atoms with Gasteiger partial charge in [0, 0.05) is 5.92 Å². The van der Waals surface area contributed by atoms with E-state index in [4.69, 9.17) is 0 Å². The molecular formula is C7H12N2O2S. The Labute approximate surface area is 75.5 Å². The molecule has 5 heteroatoms. The van der Waals surface area contributed by atoms with Crippen molar-refractivity contribution in [2.45, 2.75) is 18.8 Å². The summed E-state index contributed by atoms with van der Waals surface area (Å²) in [6, 6.07) is 0. The second kappa shape index (κ2) is 2.97. The van der Waals surface area contributed by atoms with E-state index in [0.29, 0.717) is 0 Å². The Morgan fingerprint density at radius 2 is 1.67 bits per heavy atom. The second-order valence-corrected chi connectivity index (χ2v) is 4.05. The number of hydrogen-bond acceptors (Lipinski definition) is 3. The maximum atomic E-state index is 10.9. The van der Waals surface area contributed by atoms with Crippen LogP contribution in [0.5, 0.6) is 0 Å². The molecule has 0 aliphatic carbocycles. The Morgan fingerprint density at radius 3 is 1.83 bits per heavy atom. The minimum atomic E-state index is -0.603. The second-order valence-electron chi connectivity index (χ2n) is 3.00. The Bertz CT molecular complexity index is 211. The van der Waals surface area contributed by atoms with Gasteiger partial charge in [-0.1, -0.05) is 13.8 Å². The Kier molecular flexibility index (Phi) is 2.32. The van der Waals surface area contributed by atoms with Crippen LogP contribution >= 0.6 is 11.8 Å². The van der Waals surface area contributed by atoms with Crippen LogP contribution < -0.4 is 10.6 Å². The highest BCUT2D eigenvalue weighted by Crippen LogP contribution is 2.27. The number of carbonyl (C=O) groups excluding carboxylic acids is 2. The van der Waals surface area contributed by atoms with Gasteiger partial charge in [0.1, 0.15) is 0 Å². The Hall–Kier alpha value is -0.710. The van der Waals surface area contributed by atoms with Crippen LogP contribution in [0.3, 0.4) is 0 Å². The summed E-state index contributed by atoms with van der Waals surface area (Å²) in [5.74, 6) is -0.918. The van der Waals surface area contributed by atoms with Gasteiger partial charge in [-0.25, -0.2) is 0 Å². The first kappa shape index (κ1) is 9.38. The molecule has 0 aromatic heterocycles. The van der Waals surface area contributed by atoms with Gasteiger partial charge in [0.15, 0.2) is 4.99 Å². The summed E-state index contributed by atoms with van der Waals surface area (Å²) in [7, 11) is 0. The summed E-state index contributed by atoms with van der Waals surface area (Å²) in [6.07, 6.45) is 1.85. The molecule has 0 saturated carbocycles. The molecule has 4 nitrogen and oxygen atoms in total. The molecule has 0 atom stereocenters. The summed E-state index contributed by atoms with van der Waals surface area (Å²) in [5, 5.41) is 5.26. The predicted octanol–water partition coefficient (Wildman–Crippen LogP) is -0.0948. The smallest absolute Gasteiger partial charge is 0.311 e. The van der Waals surface area contributed by atoms with Gasteiger partial charge in [-0.3, -0.25) is 9.59 Å². The molecular weight excluding hydrogens is 176 g/mol. The molecule has 0 bridgehead atoms. The molecule has 2 N–H and O–H groups in total. The molecule has 12 heavy (non-hydrogen) atoms. The third kappa shape index (κ3) is 1.29. The largest absolute Gasteiger partial charge is 0.316 e. The van der Waals surface area contributed by atoms with E-state index in [1.807, 2.05) is 20.1 Å². The van der Waals surface area contributed by atoms with E-state index in [9.17, 15) is 9.59 Å². The highest BCUT2D eigenvalue weighted by molar-refractivity contribution is 8.00. The molecule has 1 aliphatic rings. The quantitative estimate of drug-likeness (QED) is 0.595. The zero-order valence-electron chi connectivity index (χ0n) is 7.30. The lowest BCUT2D eigenvalue weighted by Gasteiger charge is -2.30. The van der Waals surface area contributed by atoms with Crippen molar-refractivity contribution in [2.24, 2.45) is 5.92 Å². The first-order chi connectivity index (χ1) is 5.52. The van der Waals surface area contributed by atoms with Crippen molar-refractivity contribution in [3.8, 4) is 0 Å². The van der Waals surface area contributed by atoms with E-state index in [1.54, 1.807) is 0 Å². The highest BCUT2D eigenvalue weighted by Gasteiger charge is 2.44. The molecule has 1 aliphatic heterocycles. The van der Waals surface area contributed by atoms with Crippen molar-refractivity contribution in [3.05, 3.63) is 0 Å². The minimum absolute atomic E-state index is 0.169. The average Bonchev–Trinajstić information content (AvgIpc) is 2.29. The number of thioether (sulfide) groups is 1. The summed E-state index contributed by atoms with van der Waals surface area (Å²) >= 11 is 1.43. The van der Waals surface area contributed by atoms with Crippen LogP contribution in [-0.4, -0.2) is 23.1 Å². The van der Waals surface area contributed by atoms with Gasteiger partial charge < -0.3 is 10.6 Å². The third-order valence-electron chi connectivity index (χ3n) is 1.94. The average molecular weight is 188 g/mol. The van der Waals surface area contributed by atoms with Gasteiger partial charge >= 0.3 is 11.8 Å². The van der Waals surface area contributed by atoms with Gasteiger partial charge in [0.2, 0.25) is 0 Å². The standard InChI is InChI=1S/C7H12N2O2S/c1-4(2)7(12-3)8-5(10)6(11)9-7/h4H,1-3H3,(H,8,10)(H,9,11). The summed E-state index contributed by atoms with van der Waals surface area (Å²) < 4.78 is 0. The van der Waals surface area contributed by atoms with Gasteiger partial charge in [0.05, 0.1) is 0 Å². The van der Waals surface area contributed by atoms with E-state index in [-0.39, 0.29) is 5.92 Å². The maximum absolute atomic E-state index is 10.9. The zero-order chi connectivity index (χ0) is 9.35. The third-order valence-corrected chi connectivity index (χ3v) is 3.26. The fourth-order valence-corrected chi connectivity index (χ4v) is 1.97. The first-order valence-corrected chi connectivity index (χ1v) is 4.94. The van der Waals surface area contributed by atoms with Crippen LogP contribution in [-0.2, 0) is 9.59 Å². The van der Waals surface area contributed by atoms with E-state index >= 15 is 0 Å². The van der Waals surface area contributed by atoms with E-state index in [2.05, 4.69) is 10.6 Å². The van der Waals surface area contributed by atoms with Crippen LogP contribution in [0.1, 0.15) is 13.8 Å². The number of carbonyl (C=O) groups is 2. The normalized spacial score (nSPS) is 21.0. The van der Waals surface area contributed by atoms with Crippen molar-refractivity contribution in [1.82, 2.24) is 10.6 Å². The van der Waals surface area contributed by atoms with Crippen LogP contribution in [0.2, 0.25) is 0 Å². The highest BCUT2D eigenvalue weighted by atomic mass is 32.2. The molecule has 0 aromatic carbocycles. The maximum Gasteiger partial charge on any atom is 0.311 e. The number of hydrogen-bond donors (Lipinski definition) is 2. The van der Waals surface area contributed by atoms with Crippen LogP contribution in [0, 0.1) is 5.92 Å². The number of nitrogens with one attached hydrogen (secondary N) is 2. The van der Waals surface area contributed by atoms with E-state index in [0.717, 1.165) is 0 Å². The molecule has 0 aromatic rings. The molecule has 1 fully saturated rings. The number of rotatable bonds is 2.